The van der Waals surface area contributed by atoms with E-state index in [1.165, 1.54) is 0 Å². The highest BCUT2D eigenvalue weighted by molar-refractivity contribution is 5.96. The quantitative estimate of drug-likeness (QED) is 0.569. The summed E-state index contributed by atoms with van der Waals surface area (Å²) in [6.07, 6.45) is 0. The third-order valence-corrected chi connectivity index (χ3v) is 6.42. The van der Waals surface area contributed by atoms with Gasteiger partial charge in [-0.15, -0.1) is 0 Å². The van der Waals surface area contributed by atoms with Crippen LogP contribution in [0.3, 0.4) is 0 Å². The Bertz CT molecular complexity index is 1030. The molecule has 0 unspecified atom stereocenters. The Morgan fingerprint density at radius 1 is 0.857 bits per heavy atom. The molecule has 186 valence electrons. The van der Waals surface area contributed by atoms with E-state index in [0.29, 0.717) is 50.5 Å². The number of amides is 1. The highest BCUT2D eigenvalue weighted by Gasteiger charge is 2.23. The number of carbonyl (C=O) groups excluding carboxylic acids is 2. The fraction of sp³-hybridized carbons (Fsp3) is 0.423. The van der Waals surface area contributed by atoms with Crippen LogP contribution in [0.5, 0.6) is 0 Å². The lowest BCUT2D eigenvalue weighted by Gasteiger charge is -2.35. The third-order valence-electron chi connectivity index (χ3n) is 6.42. The van der Waals surface area contributed by atoms with Gasteiger partial charge < -0.3 is 19.5 Å². The number of ether oxygens (including phenoxy) is 2. The number of morpholine rings is 1. The van der Waals surface area contributed by atoms with Gasteiger partial charge in [0.2, 0.25) is 5.91 Å². The Morgan fingerprint density at radius 3 is 2.20 bits per heavy atom. The molecule has 0 radical (unpaired) electrons. The van der Waals surface area contributed by atoms with Crippen LogP contribution in [0.15, 0.2) is 48.5 Å². The van der Waals surface area contributed by atoms with Gasteiger partial charge in [0.1, 0.15) is 6.61 Å². The second kappa shape index (κ2) is 11.9. The number of carbonyl (C=O) groups is 3. The molecule has 2 fully saturated rings. The summed E-state index contributed by atoms with van der Waals surface area (Å²) in [5, 5.41) is 9.38. The molecule has 4 rings (SSSR count). The highest BCUT2D eigenvalue weighted by atomic mass is 16.5. The molecule has 2 aliphatic rings. The number of carboxylic acid groups (broad SMARTS) is 1. The molecular weight excluding hydrogens is 450 g/mol. The Balaban J connectivity index is 1.19. The molecular formula is C26H31N3O6. The first-order chi connectivity index (χ1) is 17.0. The fourth-order valence-electron chi connectivity index (χ4n) is 4.33. The highest BCUT2D eigenvalue weighted by Crippen LogP contribution is 2.24. The van der Waals surface area contributed by atoms with Crippen LogP contribution in [0.1, 0.15) is 20.7 Å². The maximum atomic E-state index is 12.4. The Kier molecular flexibility index (Phi) is 8.46. The summed E-state index contributed by atoms with van der Waals surface area (Å²) in [7, 11) is 0. The van der Waals surface area contributed by atoms with Gasteiger partial charge in [-0.25, -0.2) is 9.59 Å². The molecule has 9 nitrogen and oxygen atoms in total. The van der Waals surface area contributed by atoms with Crippen molar-refractivity contribution in [1.29, 1.82) is 0 Å². The molecule has 2 saturated heterocycles. The van der Waals surface area contributed by atoms with Crippen LogP contribution in [-0.2, 0) is 14.3 Å². The van der Waals surface area contributed by atoms with Crippen LogP contribution in [0.4, 0.5) is 0 Å². The van der Waals surface area contributed by atoms with Crippen molar-refractivity contribution < 1.29 is 29.0 Å². The van der Waals surface area contributed by atoms with E-state index >= 15 is 0 Å². The molecule has 2 aromatic rings. The lowest BCUT2D eigenvalue weighted by Crippen LogP contribution is -2.52. The summed E-state index contributed by atoms with van der Waals surface area (Å²) in [6.45, 7) is 7.20. The van der Waals surface area contributed by atoms with Crippen LogP contribution >= 0.6 is 0 Å². The van der Waals surface area contributed by atoms with Crippen molar-refractivity contribution in [3.05, 3.63) is 59.7 Å². The molecule has 0 bridgehead atoms. The van der Waals surface area contributed by atoms with Crippen molar-refractivity contribution in [2.45, 2.75) is 0 Å². The van der Waals surface area contributed by atoms with Gasteiger partial charge in [0.15, 0.2) is 0 Å². The van der Waals surface area contributed by atoms with Crippen LogP contribution < -0.4 is 0 Å². The van der Waals surface area contributed by atoms with Crippen molar-refractivity contribution in [3.63, 3.8) is 0 Å². The second-order valence-electron chi connectivity index (χ2n) is 8.67. The van der Waals surface area contributed by atoms with E-state index < -0.39 is 11.9 Å². The second-order valence-corrected chi connectivity index (χ2v) is 8.67. The minimum Gasteiger partial charge on any atom is -0.478 e. The number of nitrogens with zero attached hydrogens (tertiary/aromatic N) is 3. The van der Waals surface area contributed by atoms with Crippen LogP contribution in [-0.4, -0.2) is 110 Å². The van der Waals surface area contributed by atoms with E-state index in [1.54, 1.807) is 48.5 Å². The fourth-order valence-corrected chi connectivity index (χ4v) is 4.33. The van der Waals surface area contributed by atoms with Gasteiger partial charge in [-0.2, -0.15) is 0 Å². The van der Waals surface area contributed by atoms with Gasteiger partial charge in [-0.1, -0.05) is 30.3 Å². The Labute approximate surface area is 204 Å². The lowest BCUT2D eigenvalue weighted by molar-refractivity contribution is -0.136. The van der Waals surface area contributed by atoms with Gasteiger partial charge in [0, 0.05) is 45.8 Å². The van der Waals surface area contributed by atoms with Crippen molar-refractivity contribution >= 4 is 17.8 Å². The van der Waals surface area contributed by atoms with E-state index in [4.69, 9.17) is 9.47 Å². The summed E-state index contributed by atoms with van der Waals surface area (Å²) in [5.41, 5.74) is 1.97. The number of rotatable bonds is 8. The number of piperazine rings is 1. The van der Waals surface area contributed by atoms with Crippen molar-refractivity contribution in [3.8, 4) is 11.1 Å². The SMILES string of the molecule is O=C(OCCN1CCN(CC(=O)N2CCOCC2)CC1)c1ccc(-c2ccccc2C(=O)O)cc1. The number of benzene rings is 2. The first-order valence-corrected chi connectivity index (χ1v) is 11.9. The van der Waals surface area contributed by atoms with E-state index in [0.717, 1.165) is 31.7 Å². The molecule has 0 saturated carbocycles. The van der Waals surface area contributed by atoms with E-state index in [9.17, 15) is 19.5 Å². The molecule has 1 N–H and O–H groups in total. The predicted octanol–water partition coefficient (Wildman–Crippen LogP) is 1.69. The maximum absolute atomic E-state index is 12.4. The predicted molar refractivity (Wildman–Crippen MR) is 129 cm³/mol. The number of esters is 1. The molecule has 0 spiro atoms. The van der Waals surface area contributed by atoms with E-state index in [2.05, 4.69) is 9.80 Å². The van der Waals surface area contributed by atoms with Crippen molar-refractivity contribution in [2.24, 2.45) is 0 Å². The molecule has 0 atom stereocenters. The van der Waals surface area contributed by atoms with Gasteiger partial charge in [0.05, 0.1) is 30.9 Å². The first-order valence-electron chi connectivity index (χ1n) is 11.9. The molecule has 0 aromatic heterocycles. The molecule has 2 heterocycles. The number of hydrogen-bond acceptors (Lipinski definition) is 7. The van der Waals surface area contributed by atoms with Gasteiger partial charge >= 0.3 is 11.9 Å². The average molecular weight is 482 g/mol. The molecule has 1 amide bonds. The monoisotopic (exact) mass is 481 g/mol. The lowest BCUT2D eigenvalue weighted by atomic mass is 9.99. The van der Waals surface area contributed by atoms with Crippen molar-refractivity contribution in [1.82, 2.24) is 14.7 Å². The number of carboxylic acids is 1. The Hall–Kier alpha value is -3.27. The Morgan fingerprint density at radius 2 is 1.51 bits per heavy atom. The van der Waals surface area contributed by atoms with E-state index in [-0.39, 0.29) is 18.1 Å². The summed E-state index contributed by atoms with van der Waals surface area (Å²) in [6, 6.07) is 13.5. The smallest absolute Gasteiger partial charge is 0.338 e. The molecule has 35 heavy (non-hydrogen) atoms. The van der Waals surface area contributed by atoms with Gasteiger partial charge in [-0.3, -0.25) is 14.6 Å². The topological polar surface area (TPSA) is 99.6 Å². The molecule has 2 aromatic carbocycles. The molecule has 9 heteroatoms. The largest absolute Gasteiger partial charge is 0.478 e. The average Bonchev–Trinajstić information content (AvgIpc) is 2.90. The van der Waals surface area contributed by atoms with Crippen molar-refractivity contribution in [2.75, 3.05) is 72.2 Å². The maximum Gasteiger partial charge on any atom is 0.338 e. The molecule has 2 aliphatic heterocycles. The number of hydrogen-bond donors (Lipinski definition) is 1. The van der Waals surface area contributed by atoms with Gasteiger partial charge in [-0.05, 0) is 29.3 Å². The zero-order valence-electron chi connectivity index (χ0n) is 19.7. The summed E-state index contributed by atoms with van der Waals surface area (Å²) < 4.78 is 10.8. The standard InChI is InChI=1S/C26H31N3O6/c30-24(29-14-16-34-17-15-29)19-28-11-9-27(10-12-28)13-18-35-26(33)21-7-5-20(6-8-21)22-3-1-2-4-23(22)25(31)32/h1-8H,9-19H2,(H,31,32). The first kappa shape index (κ1) is 24.8. The summed E-state index contributed by atoms with van der Waals surface area (Å²) in [5.74, 6) is -1.24. The van der Waals surface area contributed by atoms with Crippen LogP contribution in [0, 0.1) is 0 Å². The van der Waals surface area contributed by atoms with Crippen LogP contribution in [0.25, 0.3) is 11.1 Å². The van der Waals surface area contributed by atoms with E-state index in [1.807, 2.05) is 4.90 Å². The van der Waals surface area contributed by atoms with Crippen LogP contribution in [0.2, 0.25) is 0 Å². The summed E-state index contributed by atoms with van der Waals surface area (Å²) in [4.78, 5) is 42.6. The zero-order valence-corrected chi connectivity index (χ0v) is 19.7. The van der Waals surface area contributed by atoms with Gasteiger partial charge in [0.25, 0.3) is 0 Å². The minimum atomic E-state index is -0.992. The molecule has 0 aliphatic carbocycles. The zero-order chi connectivity index (χ0) is 24.6. The summed E-state index contributed by atoms with van der Waals surface area (Å²) >= 11 is 0. The number of aromatic carboxylic acids is 1. The minimum absolute atomic E-state index is 0.160. The normalized spacial score (nSPS) is 17.2. The third kappa shape index (κ3) is 6.66.